The standard InChI is InChI=1S/C12H14F2N2O3S/c1-6-5-8(19-12(13)14)9(20-6)10(17)15-7-3-4-16(2)11(7)18/h5,7,12H,3-4H2,1-2H3,(H,15,17). The molecular weight excluding hydrogens is 290 g/mol. The van der Waals surface area contributed by atoms with Gasteiger partial charge in [-0.3, -0.25) is 9.59 Å². The van der Waals surface area contributed by atoms with Crippen LogP contribution in [0.1, 0.15) is 21.0 Å². The fraction of sp³-hybridized carbons (Fsp3) is 0.500. The van der Waals surface area contributed by atoms with Crippen molar-refractivity contribution in [3.63, 3.8) is 0 Å². The molecule has 110 valence electrons. The summed E-state index contributed by atoms with van der Waals surface area (Å²) in [4.78, 5) is 26.0. The SMILES string of the molecule is Cc1cc(OC(F)F)c(C(=O)NC2CCN(C)C2=O)s1. The first kappa shape index (κ1) is 14.7. The van der Waals surface area contributed by atoms with Crippen molar-refractivity contribution in [2.75, 3.05) is 13.6 Å². The minimum absolute atomic E-state index is 0.0603. The van der Waals surface area contributed by atoms with Crippen LogP contribution >= 0.6 is 11.3 Å². The van der Waals surface area contributed by atoms with E-state index in [2.05, 4.69) is 10.1 Å². The number of amides is 2. The van der Waals surface area contributed by atoms with Gasteiger partial charge in [0.25, 0.3) is 5.91 Å². The molecule has 8 heteroatoms. The second-order valence-electron chi connectivity index (χ2n) is 4.50. The third-order valence-corrected chi connectivity index (χ3v) is 4.01. The zero-order chi connectivity index (χ0) is 14.9. The molecule has 1 aliphatic rings. The highest BCUT2D eigenvalue weighted by Gasteiger charge is 2.31. The summed E-state index contributed by atoms with van der Waals surface area (Å²) >= 11 is 1.05. The summed E-state index contributed by atoms with van der Waals surface area (Å²) in [6, 6.07) is 0.781. The molecule has 5 nitrogen and oxygen atoms in total. The first-order valence-electron chi connectivity index (χ1n) is 5.99. The highest BCUT2D eigenvalue weighted by Crippen LogP contribution is 2.30. The van der Waals surface area contributed by atoms with Crippen molar-refractivity contribution in [3.8, 4) is 5.75 Å². The number of nitrogens with one attached hydrogen (secondary N) is 1. The van der Waals surface area contributed by atoms with Crippen molar-refractivity contribution in [1.82, 2.24) is 10.2 Å². The molecule has 1 unspecified atom stereocenters. The number of carbonyl (C=O) groups excluding carboxylic acids is 2. The molecule has 1 fully saturated rings. The number of rotatable bonds is 4. The Morgan fingerprint density at radius 2 is 2.30 bits per heavy atom. The summed E-state index contributed by atoms with van der Waals surface area (Å²) in [6.45, 7) is -0.739. The maximum Gasteiger partial charge on any atom is 0.387 e. The molecule has 1 aromatic heterocycles. The van der Waals surface area contributed by atoms with E-state index in [1.54, 1.807) is 14.0 Å². The van der Waals surface area contributed by atoms with Crippen LogP contribution < -0.4 is 10.1 Å². The van der Waals surface area contributed by atoms with Crippen molar-refractivity contribution in [3.05, 3.63) is 15.8 Å². The third-order valence-electron chi connectivity index (χ3n) is 2.98. The van der Waals surface area contributed by atoms with Gasteiger partial charge in [0, 0.05) is 18.5 Å². The van der Waals surface area contributed by atoms with Crippen LogP contribution in [0.25, 0.3) is 0 Å². The summed E-state index contributed by atoms with van der Waals surface area (Å²) in [6.07, 6.45) is 0.510. The number of aryl methyl sites for hydroxylation is 1. The Kier molecular flexibility index (Phi) is 4.22. The number of carbonyl (C=O) groups is 2. The third kappa shape index (κ3) is 3.06. The van der Waals surface area contributed by atoms with Gasteiger partial charge in [0.2, 0.25) is 5.91 Å². The van der Waals surface area contributed by atoms with Gasteiger partial charge in [-0.15, -0.1) is 11.3 Å². The lowest BCUT2D eigenvalue weighted by Crippen LogP contribution is -2.40. The summed E-state index contributed by atoms with van der Waals surface area (Å²) in [5, 5.41) is 2.56. The minimum atomic E-state index is -2.99. The monoisotopic (exact) mass is 304 g/mol. The molecular formula is C12H14F2N2O3S. The number of alkyl halides is 2. The maximum absolute atomic E-state index is 12.3. The van der Waals surface area contributed by atoms with Gasteiger partial charge in [-0.2, -0.15) is 8.78 Å². The first-order valence-corrected chi connectivity index (χ1v) is 6.81. The maximum atomic E-state index is 12.3. The fourth-order valence-corrected chi connectivity index (χ4v) is 2.86. The molecule has 2 amide bonds. The average molecular weight is 304 g/mol. The first-order chi connectivity index (χ1) is 9.38. The van der Waals surface area contributed by atoms with Crippen molar-refractivity contribution in [2.45, 2.75) is 26.0 Å². The molecule has 2 rings (SSSR count). The largest absolute Gasteiger partial charge is 0.433 e. The second-order valence-corrected chi connectivity index (χ2v) is 5.76. The molecule has 0 aliphatic carbocycles. The molecule has 1 saturated heterocycles. The van der Waals surface area contributed by atoms with Crippen molar-refractivity contribution in [2.24, 2.45) is 0 Å². The van der Waals surface area contributed by atoms with E-state index in [1.807, 2.05) is 0 Å². The highest BCUT2D eigenvalue weighted by molar-refractivity contribution is 7.14. The van der Waals surface area contributed by atoms with Gasteiger partial charge in [-0.05, 0) is 19.4 Å². The molecule has 0 spiro atoms. The molecule has 1 N–H and O–H groups in total. The number of nitrogens with zero attached hydrogens (tertiary/aromatic N) is 1. The van der Waals surface area contributed by atoms with Crippen LogP contribution in [0.2, 0.25) is 0 Å². The zero-order valence-electron chi connectivity index (χ0n) is 11.0. The van der Waals surface area contributed by atoms with Crippen molar-refractivity contribution >= 4 is 23.2 Å². The molecule has 0 radical (unpaired) electrons. The number of likely N-dealkylation sites (N-methyl/N-ethyl adjacent to an activating group) is 1. The lowest BCUT2D eigenvalue weighted by atomic mass is 10.2. The predicted molar refractivity (Wildman–Crippen MR) is 69.2 cm³/mol. The molecule has 0 saturated carbocycles. The van der Waals surface area contributed by atoms with E-state index in [0.29, 0.717) is 17.8 Å². The summed E-state index contributed by atoms with van der Waals surface area (Å²) < 4.78 is 28.9. The van der Waals surface area contributed by atoms with Gasteiger partial charge in [0.05, 0.1) is 0 Å². The van der Waals surface area contributed by atoms with Crippen LogP contribution in [0, 0.1) is 6.92 Å². The number of likely N-dealkylation sites (tertiary alicyclic amines) is 1. The summed E-state index contributed by atoms with van der Waals surface area (Å²) in [7, 11) is 1.65. The van der Waals surface area contributed by atoms with E-state index in [1.165, 1.54) is 11.0 Å². The van der Waals surface area contributed by atoms with Gasteiger partial charge in [-0.1, -0.05) is 0 Å². The van der Waals surface area contributed by atoms with E-state index in [-0.39, 0.29) is 16.5 Å². The van der Waals surface area contributed by atoms with E-state index >= 15 is 0 Å². The van der Waals surface area contributed by atoms with Crippen LogP contribution in [-0.2, 0) is 4.79 Å². The van der Waals surface area contributed by atoms with E-state index in [4.69, 9.17) is 0 Å². The number of halogens is 2. The Labute approximate surface area is 118 Å². The molecule has 2 heterocycles. The molecule has 0 bridgehead atoms. The van der Waals surface area contributed by atoms with Crippen LogP contribution in [0.5, 0.6) is 5.75 Å². The predicted octanol–water partition coefficient (Wildman–Crippen LogP) is 1.62. The topological polar surface area (TPSA) is 58.6 Å². The number of ether oxygens (including phenoxy) is 1. The Hall–Kier alpha value is -1.70. The molecule has 1 aliphatic heterocycles. The smallest absolute Gasteiger partial charge is 0.387 e. The summed E-state index contributed by atoms with van der Waals surface area (Å²) in [5.74, 6) is -0.894. The second kappa shape index (κ2) is 5.74. The van der Waals surface area contributed by atoms with Gasteiger partial charge in [-0.25, -0.2) is 0 Å². The van der Waals surface area contributed by atoms with E-state index in [9.17, 15) is 18.4 Å². The van der Waals surface area contributed by atoms with Crippen LogP contribution in [-0.4, -0.2) is 43.0 Å². The molecule has 1 atom stereocenters. The Balaban J connectivity index is 2.11. The molecule has 1 aromatic rings. The normalized spacial score (nSPS) is 18.8. The zero-order valence-corrected chi connectivity index (χ0v) is 11.8. The van der Waals surface area contributed by atoms with Crippen LogP contribution in [0.15, 0.2) is 6.07 Å². The van der Waals surface area contributed by atoms with Gasteiger partial charge in [0.15, 0.2) is 0 Å². The van der Waals surface area contributed by atoms with Gasteiger partial charge < -0.3 is 15.0 Å². The molecule has 20 heavy (non-hydrogen) atoms. The van der Waals surface area contributed by atoms with Gasteiger partial charge in [0.1, 0.15) is 16.7 Å². The lowest BCUT2D eigenvalue weighted by molar-refractivity contribution is -0.128. The lowest BCUT2D eigenvalue weighted by Gasteiger charge is -2.12. The van der Waals surface area contributed by atoms with Crippen molar-refractivity contribution in [1.29, 1.82) is 0 Å². The Morgan fingerprint density at radius 3 is 2.85 bits per heavy atom. The van der Waals surface area contributed by atoms with Crippen LogP contribution in [0.3, 0.4) is 0 Å². The van der Waals surface area contributed by atoms with Gasteiger partial charge >= 0.3 is 6.61 Å². The van der Waals surface area contributed by atoms with Crippen LogP contribution in [0.4, 0.5) is 8.78 Å². The van der Waals surface area contributed by atoms with Crippen molar-refractivity contribution < 1.29 is 23.1 Å². The van der Waals surface area contributed by atoms with E-state index in [0.717, 1.165) is 11.3 Å². The Morgan fingerprint density at radius 1 is 1.60 bits per heavy atom. The fourth-order valence-electron chi connectivity index (χ4n) is 2.01. The number of thiophene rings is 1. The minimum Gasteiger partial charge on any atom is -0.433 e. The molecule has 0 aromatic carbocycles. The van der Waals surface area contributed by atoms with E-state index < -0.39 is 18.6 Å². The number of hydrogen-bond acceptors (Lipinski definition) is 4. The Bertz CT molecular complexity index is 533. The highest BCUT2D eigenvalue weighted by atomic mass is 32.1. The summed E-state index contributed by atoms with van der Waals surface area (Å²) in [5.41, 5.74) is 0. The number of hydrogen-bond donors (Lipinski definition) is 1. The average Bonchev–Trinajstić information content (AvgIpc) is 2.86. The quantitative estimate of drug-likeness (QED) is 0.919.